The molecule has 3 atom stereocenters. The Morgan fingerprint density at radius 2 is 2.29 bits per heavy atom. The quantitative estimate of drug-likeness (QED) is 0.601. The highest BCUT2D eigenvalue weighted by Gasteiger charge is 2.20. The van der Waals surface area contributed by atoms with Crippen LogP contribution in [-0.2, 0) is 4.79 Å². The molecule has 1 aliphatic carbocycles. The Labute approximate surface area is 85.4 Å². The SMILES string of the molecule is CC(CC(N)=O)NC1CCCC(N)C1. The summed E-state index contributed by atoms with van der Waals surface area (Å²) in [6, 6.07) is 0.956. The molecule has 4 nitrogen and oxygen atoms in total. The molecule has 0 aromatic carbocycles. The van der Waals surface area contributed by atoms with Crippen LogP contribution >= 0.6 is 0 Å². The van der Waals surface area contributed by atoms with Crippen molar-refractivity contribution in [1.29, 1.82) is 0 Å². The number of carbonyl (C=O) groups is 1. The maximum atomic E-state index is 10.7. The van der Waals surface area contributed by atoms with Crippen molar-refractivity contribution in [2.24, 2.45) is 11.5 Å². The second-order valence-corrected chi connectivity index (χ2v) is 4.36. The highest BCUT2D eigenvalue weighted by Crippen LogP contribution is 2.17. The molecule has 14 heavy (non-hydrogen) atoms. The minimum Gasteiger partial charge on any atom is -0.370 e. The monoisotopic (exact) mass is 199 g/mol. The molecule has 5 N–H and O–H groups in total. The molecule has 1 aliphatic rings. The van der Waals surface area contributed by atoms with Gasteiger partial charge >= 0.3 is 0 Å². The molecule has 0 aromatic rings. The van der Waals surface area contributed by atoms with Crippen LogP contribution in [0.2, 0.25) is 0 Å². The molecule has 0 radical (unpaired) electrons. The summed E-state index contributed by atoms with van der Waals surface area (Å²) in [7, 11) is 0. The number of rotatable bonds is 4. The van der Waals surface area contributed by atoms with Crippen molar-refractivity contribution < 1.29 is 4.79 Å². The average molecular weight is 199 g/mol. The molecule has 0 spiro atoms. The van der Waals surface area contributed by atoms with E-state index in [9.17, 15) is 4.79 Å². The van der Waals surface area contributed by atoms with Crippen LogP contribution in [0.5, 0.6) is 0 Å². The van der Waals surface area contributed by atoms with Crippen molar-refractivity contribution in [3.05, 3.63) is 0 Å². The second-order valence-electron chi connectivity index (χ2n) is 4.36. The second kappa shape index (κ2) is 5.32. The lowest BCUT2D eigenvalue weighted by Crippen LogP contribution is -2.44. The van der Waals surface area contributed by atoms with Crippen LogP contribution in [-0.4, -0.2) is 24.0 Å². The van der Waals surface area contributed by atoms with Gasteiger partial charge in [0.05, 0.1) is 0 Å². The van der Waals surface area contributed by atoms with Gasteiger partial charge in [-0.1, -0.05) is 6.42 Å². The van der Waals surface area contributed by atoms with E-state index in [1.54, 1.807) is 0 Å². The zero-order valence-electron chi connectivity index (χ0n) is 8.83. The van der Waals surface area contributed by atoms with Crippen molar-refractivity contribution in [2.45, 2.75) is 57.2 Å². The number of primary amides is 1. The van der Waals surface area contributed by atoms with Gasteiger partial charge < -0.3 is 16.8 Å². The van der Waals surface area contributed by atoms with E-state index in [1.165, 1.54) is 6.42 Å². The predicted molar refractivity (Wildman–Crippen MR) is 56.6 cm³/mol. The van der Waals surface area contributed by atoms with Crippen LogP contribution in [0, 0.1) is 0 Å². The molecular weight excluding hydrogens is 178 g/mol. The summed E-state index contributed by atoms with van der Waals surface area (Å²) in [4.78, 5) is 10.7. The number of hydrogen-bond acceptors (Lipinski definition) is 3. The predicted octanol–water partition coefficient (Wildman–Crippen LogP) is 0.110. The molecular formula is C10H21N3O. The zero-order valence-corrected chi connectivity index (χ0v) is 8.83. The van der Waals surface area contributed by atoms with Gasteiger partial charge in [0.15, 0.2) is 0 Å². The van der Waals surface area contributed by atoms with E-state index < -0.39 is 0 Å². The standard InChI is InChI=1S/C10H21N3O/c1-7(5-10(12)14)13-9-4-2-3-8(11)6-9/h7-9,13H,2-6,11H2,1H3,(H2,12,14). The minimum absolute atomic E-state index is 0.169. The third-order valence-corrected chi connectivity index (χ3v) is 2.74. The maximum absolute atomic E-state index is 10.7. The van der Waals surface area contributed by atoms with Crippen molar-refractivity contribution in [2.75, 3.05) is 0 Å². The maximum Gasteiger partial charge on any atom is 0.218 e. The lowest BCUT2D eigenvalue weighted by Gasteiger charge is -2.29. The topological polar surface area (TPSA) is 81.1 Å². The lowest BCUT2D eigenvalue weighted by atomic mass is 9.91. The number of hydrogen-bond donors (Lipinski definition) is 3. The first-order chi connectivity index (χ1) is 6.58. The lowest BCUT2D eigenvalue weighted by molar-refractivity contribution is -0.118. The van der Waals surface area contributed by atoms with Gasteiger partial charge in [0, 0.05) is 24.5 Å². The smallest absolute Gasteiger partial charge is 0.218 e. The molecule has 4 heteroatoms. The van der Waals surface area contributed by atoms with Crippen LogP contribution in [0.1, 0.15) is 39.0 Å². The molecule has 1 amide bonds. The van der Waals surface area contributed by atoms with E-state index in [-0.39, 0.29) is 11.9 Å². The number of nitrogens with one attached hydrogen (secondary N) is 1. The first-order valence-corrected chi connectivity index (χ1v) is 5.38. The number of amides is 1. The molecule has 1 fully saturated rings. The minimum atomic E-state index is -0.245. The van der Waals surface area contributed by atoms with E-state index >= 15 is 0 Å². The molecule has 0 aromatic heterocycles. The van der Waals surface area contributed by atoms with Crippen molar-refractivity contribution in [3.8, 4) is 0 Å². The summed E-state index contributed by atoms with van der Waals surface area (Å²) in [6.07, 6.45) is 4.90. The Bertz CT molecular complexity index is 196. The van der Waals surface area contributed by atoms with Crippen molar-refractivity contribution in [3.63, 3.8) is 0 Å². The Morgan fingerprint density at radius 3 is 2.86 bits per heavy atom. The van der Waals surface area contributed by atoms with Crippen LogP contribution in [0.3, 0.4) is 0 Å². The third-order valence-electron chi connectivity index (χ3n) is 2.74. The summed E-state index contributed by atoms with van der Waals surface area (Å²) < 4.78 is 0. The van der Waals surface area contributed by atoms with Crippen molar-refractivity contribution in [1.82, 2.24) is 5.32 Å². The Morgan fingerprint density at radius 1 is 1.57 bits per heavy atom. The van der Waals surface area contributed by atoms with Crippen LogP contribution in [0.25, 0.3) is 0 Å². The van der Waals surface area contributed by atoms with Gasteiger partial charge in [-0.15, -0.1) is 0 Å². The van der Waals surface area contributed by atoms with Crippen LogP contribution in [0.4, 0.5) is 0 Å². The Kier molecular flexibility index (Phi) is 4.35. The van der Waals surface area contributed by atoms with Gasteiger partial charge in [-0.3, -0.25) is 4.79 Å². The summed E-state index contributed by atoms with van der Waals surface area (Å²) in [5, 5.41) is 3.40. The molecule has 1 rings (SSSR count). The van der Waals surface area contributed by atoms with Gasteiger partial charge in [-0.2, -0.15) is 0 Å². The molecule has 0 heterocycles. The van der Waals surface area contributed by atoms with E-state index in [4.69, 9.17) is 11.5 Å². The van der Waals surface area contributed by atoms with Crippen LogP contribution in [0.15, 0.2) is 0 Å². The number of carbonyl (C=O) groups excluding carboxylic acids is 1. The molecule has 0 saturated heterocycles. The fraction of sp³-hybridized carbons (Fsp3) is 0.900. The fourth-order valence-corrected chi connectivity index (χ4v) is 2.14. The Balaban J connectivity index is 2.25. The van der Waals surface area contributed by atoms with E-state index in [1.807, 2.05) is 6.92 Å². The third kappa shape index (κ3) is 4.07. The van der Waals surface area contributed by atoms with E-state index in [2.05, 4.69) is 5.32 Å². The molecule has 82 valence electrons. The first kappa shape index (κ1) is 11.5. The normalized spacial score (nSPS) is 29.9. The molecule has 3 unspecified atom stereocenters. The summed E-state index contributed by atoms with van der Waals surface area (Å²) in [6.45, 7) is 1.99. The summed E-state index contributed by atoms with van der Waals surface area (Å²) in [5.41, 5.74) is 11.0. The first-order valence-electron chi connectivity index (χ1n) is 5.38. The molecule has 0 aliphatic heterocycles. The van der Waals surface area contributed by atoms with Crippen LogP contribution < -0.4 is 16.8 Å². The van der Waals surface area contributed by atoms with Gasteiger partial charge in [0.25, 0.3) is 0 Å². The Hall–Kier alpha value is -0.610. The van der Waals surface area contributed by atoms with Crippen molar-refractivity contribution >= 4 is 5.91 Å². The highest BCUT2D eigenvalue weighted by atomic mass is 16.1. The summed E-state index contributed by atoms with van der Waals surface area (Å²) in [5.74, 6) is -0.245. The zero-order chi connectivity index (χ0) is 10.6. The molecule has 1 saturated carbocycles. The molecule has 0 bridgehead atoms. The van der Waals surface area contributed by atoms with Gasteiger partial charge in [0.2, 0.25) is 5.91 Å². The van der Waals surface area contributed by atoms with Gasteiger partial charge in [0.1, 0.15) is 0 Å². The van der Waals surface area contributed by atoms with Gasteiger partial charge in [-0.25, -0.2) is 0 Å². The van der Waals surface area contributed by atoms with E-state index in [0.29, 0.717) is 18.5 Å². The highest BCUT2D eigenvalue weighted by molar-refractivity contribution is 5.74. The summed E-state index contributed by atoms with van der Waals surface area (Å²) >= 11 is 0. The van der Waals surface area contributed by atoms with Gasteiger partial charge in [-0.05, 0) is 26.2 Å². The van der Waals surface area contributed by atoms with E-state index in [0.717, 1.165) is 19.3 Å². The largest absolute Gasteiger partial charge is 0.370 e. The fourth-order valence-electron chi connectivity index (χ4n) is 2.14. The number of nitrogens with two attached hydrogens (primary N) is 2. The average Bonchev–Trinajstić information content (AvgIpc) is 2.01.